The van der Waals surface area contributed by atoms with Crippen LogP contribution in [0.5, 0.6) is 0 Å². The Balaban J connectivity index is 0.000000246. The molecule has 0 spiro atoms. The minimum atomic E-state index is -0.318. The lowest BCUT2D eigenvalue weighted by atomic mass is 9.97. The summed E-state index contributed by atoms with van der Waals surface area (Å²) in [6.07, 6.45) is 1.33. The molecule has 1 atom stereocenters. The number of carbonyl (C=O) groups excluding carboxylic acids is 2. The Bertz CT molecular complexity index is 423. The molecule has 1 N–H and O–H groups in total. The van der Waals surface area contributed by atoms with E-state index in [0.29, 0.717) is 25.1 Å². The van der Waals surface area contributed by atoms with E-state index in [9.17, 15) is 9.59 Å². The summed E-state index contributed by atoms with van der Waals surface area (Å²) in [6.45, 7) is 6.74. The van der Waals surface area contributed by atoms with E-state index in [1.54, 1.807) is 0 Å². The third-order valence-electron chi connectivity index (χ3n) is 2.83. The fraction of sp³-hybridized carbons (Fsp3) is 0.500. The van der Waals surface area contributed by atoms with E-state index in [4.69, 9.17) is 0 Å². The third-order valence-corrected chi connectivity index (χ3v) is 2.83. The highest BCUT2D eigenvalue weighted by Crippen LogP contribution is 2.20. The molecule has 1 aliphatic rings. The van der Waals surface area contributed by atoms with Crippen molar-refractivity contribution in [2.75, 3.05) is 6.54 Å². The quantitative estimate of drug-likeness (QED) is 0.844. The number of carbonyl (C=O) groups is 2. The minimum absolute atomic E-state index is 0.238. The molecule has 0 radical (unpaired) electrons. The van der Waals surface area contributed by atoms with Gasteiger partial charge < -0.3 is 10.1 Å². The van der Waals surface area contributed by atoms with Gasteiger partial charge in [-0.3, -0.25) is 9.59 Å². The highest BCUT2D eigenvalue weighted by molar-refractivity contribution is 5.80. The van der Waals surface area contributed by atoms with Gasteiger partial charge in [-0.05, 0) is 26.3 Å². The molecular weight excluding hydrogens is 254 g/mol. The van der Waals surface area contributed by atoms with Crippen LogP contribution >= 0.6 is 0 Å². The van der Waals surface area contributed by atoms with Crippen molar-refractivity contribution < 1.29 is 14.3 Å². The molecule has 1 heterocycles. The molecule has 1 aromatic rings. The number of rotatable bonds is 2. The van der Waals surface area contributed by atoms with Gasteiger partial charge in [-0.15, -0.1) is 0 Å². The van der Waals surface area contributed by atoms with Gasteiger partial charge in [0.05, 0.1) is 0 Å². The molecule has 1 aromatic carbocycles. The number of nitrogens with one attached hydrogen (secondary N) is 1. The highest BCUT2D eigenvalue weighted by atomic mass is 16.5. The van der Waals surface area contributed by atoms with Crippen LogP contribution < -0.4 is 5.32 Å². The second kappa shape index (κ2) is 7.80. The Morgan fingerprint density at radius 2 is 1.90 bits per heavy atom. The fourth-order valence-corrected chi connectivity index (χ4v) is 1.85. The molecule has 110 valence electrons. The van der Waals surface area contributed by atoms with Crippen LogP contribution in [0, 0.1) is 0 Å². The van der Waals surface area contributed by atoms with Gasteiger partial charge in [0.25, 0.3) is 6.47 Å². The highest BCUT2D eigenvalue weighted by Gasteiger charge is 2.19. The number of ketones is 1. The van der Waals surface area contributed by atoms with Crippen molar-refractivity contribution in [1.29, 1.82) is 0 Å². The lowest BCUT2D eigenvalue weighted by molar-refractivity contribution is -0.138. The fourth-order valence-electron chi connectivity index (χ4n) is 1.85. The molecule has 0 aromatic heterocycles. The molecule has 0 aliphatic carbocycles. The topological polar surface area (TPSA) is 55.4 Å². The van der Waals surface area contributed by atoms with Gasteiger partial charge >= 0.3 is 0 Å². The van der Waals surface area contributed by atoms with Crippen molar-refractivity contribution in [2.24, 2.45) is 0 Å². The summed E-state index contributed by atoms with van der Waals surface area (Å²) in [5.74, 6) is 0.368. The van der Waals surface area contributed by atoms with Crippen LogP contribution in [0.25, 0.3) is 0 Å². The predicted molar refractivity (Wildman–Crippen MR) is 78.3 cm³/mol. The molecule has 0 saturated carbocycles. The first-order valence-electron chi connectivity index (χ1n) is 6.84. The van der Waals surface area contributed by atoms with Crippen molar-refractivity contribution in [1.82, 2.24) is 5.32 Å². The van der Waals surface area contributed by atoms with E-state index >= 15 is 0 Å². The summed E-state index contributed by atoms with van der Waals surface area (Å²) in [5.41, 5.74) is 0.900. The summed E-state index contributed by atoms with van der Waals surface area (Å²) in [6, 6.07) is 10.4. The first kappa shape index (κ1) is 16.4. The average Bonchev–Trinajstić information content (AvgIpc) is 2.39. The molecule has 1 fully saturated rings. The molecule has 1 aliphatic heterocycles. The van der Waals surface area contributed by atoms with E-state index in [1.165, 1.54) is 5.56 Å². The number of piperidine rings is 1. The Morgan fingerprint density at radius 3 is 2.35 bits per heavy atom. The molecule has 4 nitrogen and oxygen atoms in total. The van der Waals surface area contributed by atoms with Gasteiger partial charge in [0.1, 0.15) is 11.4 Å². The summed E-state index contributed by atoms with van der Waals surface area (Å²) < 4.78 is 4.55. The van der Waals surface area contributed by atoms with Crippen LogP contribution in [-0.2, 0) is 14.3 Å². The number of benzene rings is 1. The summed E-state index contributed by atoms with van der Waals surface area (Å²) in [4.78, 5) is 20.8. The summed E-state index contributed by atoms with van der Waals surface area (Å²) >= 11 is 0. The molecule has 1 saturated heterocycles. The van der Waals surface area contributed by atoms with Gasteiger partial charge in [-0.2, -0.15) is 0 Å². The number of Topliss-reactive ketones (excluding diaryl/α,β-unsaturated/α-hetero) is 1. The standard InChI is InChI=1S/C11H13NO.C5H10O2/c13-10-6-7-12-11(8-10)9-4-2-1-3-5-9;1-5(2,3)7-4-6/h1-5,11-12H,6-8H2;4H,1-3H3. The van der Waals surface area contributed by atoms with E-state index < -0.39 is 0 Å². The molecule has 1 unspecified atom stereocenters. The lowest BCUT2D eigenvalue weighted by Gasteiger charge is -2.22. The maximum atomic E-state index is 11.2. The Kier molecular flexibility index (Phi) is 6.39. The lowest BCUT2D eigenvalue weighted by Crippen LogP contribution is -2.31. The maximum Gasteiger partial charge on any atom is 0.293 e. The summed E-state index contributed by atoms with van der Waals surface area (Å²) in [5, 5.41) is 3.34. The number of hydrogen-bond acceptors (Lipinski definition) is 4. The second-order valence-corrected chi connectivity index (χ2v) is 5.74. The maximum absolute atomic E-state index is 11.2. The largest absolute Gasteiger partial charge is 0.462 e. The van der Waals surface area contributed by atoms with Crippen LogP contribution in [0.3, 0.4) is 0 Å². The third kappa shape index (κ3) is 6.48. The van der Waals surface area contributed by atoms with Gasteiger partial charge in [-0.1, -0.05) is 30.3 Å². The monoisotopic (exact) mass is 277 g/mol. The van der Waals surface area contributed by atoms with Crippen molar-refractivity contribution in [2.45, 2.75) is 45.3 Å². The second-order valence-electron chi connectivity index (χ2n) is 5.74. The molecule has 20 heavy (non-hydrogen) atoms. The van der Waals surface area contributed by atoms with E-state index in [0.717, 1.165) is 6.54 Å². The zero-order chi connectivity index (χ0) is 15.0. The average molecular weight is 277 g/mol. The molecule has 0 amide bonds. The zero-order valence-corrected chi connectivity index (χ0v) is 12.4. The van der Waals surface area contributed by atoms with Gasteiger partial charge in [0.15, 0.2) is 0 Å². The van der Waals surface area contributed by atoms with Crippen molar-refractivity contribution in [3.05, 3.63) is 35.9 Å². The van der Waals surface area contributed by atoms with Gasteiger partial charge in [0, 0.05) is 25.4 Å². The number of ether oxygens (including phenoxy) is 1. The zero-order valence-electron chi connectivity index (χ0n) is 12.4. The van der Waals surface area contributed by atoms with Crippen molar-refractivity contribution >= 4 is 12.3 Å². The minimum Gasteiger partial charge on any atom is -0.462 e. The van der Waals surface area contributed by atoms with Crippen molar-refractivity contribution in [3.63, 3.8) is 0 Å². The van der Waals surface area contributed by atoms with E-state index in [2.05, 4.69) is 22.2 Å². The molecule has 0 bridgehead atoms. The van der Waals surface area contributed by atoms with Gasteiger partial charge in [-0.25, -0.2) is 0 Å². The van der Waals surface area contributed by atoms with Crippen LogP contribution in [0.15, 0.2) is 30.3 Å². The molecule has 4 heteroatoms. The number of hydrogen-bond donors (Lipinski definition) is 1. The Hall–Kier alpha value is -1.68. The van der Waals surface area contributed by atoms with E-state index in [1.807, 2.05) is 39.0 Å². The SMILES string of the molecule is CC(C)(C)OC=O.O=C1CCNC(c2ccccc2)C1. The Labute approximate surface area is 120 Å². The van der Waals surface area contributed by atoms with Crippen molar-refractivity contribution in [3.8, 4) is 0 Å². The summed E-state index contributed by atoms with van der Waals surface area (Å²) in [7, 11) is 0. The van der Waals surface area contributed by atoms with E-state index in [-0.39, 0.29) is 11.6 Å². The normalized spacial score (nSPS) is 18.8. The first-order valence-corrected chi connectivity index (χ1v) is 6.84. The van der Waals surface area contributed by atoms with Gasteiger partial charge in [0.2, 0.25) is 0 Å². The van der Waals surface area contributed by atoms with Crippen LogP contribution in [0.2, 0.25) is 0 Å². The first-order chi connectivity index (χ1) is 9.42. The molecule has 2 rings (SSSR count). The predicted octanol–water partition coefficient (Wildman–Crippen LogP) is 2.64. The van der Waals surface area contributed by atoms with Crippen LogP contribution in [0.4, 0.5) is 0 Å². The van der Waals surface area contributed by atoms with Crippen LogP contribution in [-0.4, -0.2) is 24.4 Å². The molecular formula is C16H23NO3. The smallest absolute Gasteiger partial charge is 0.293 e. The Morgan fingerprint density at radius 1 is 1.25 bits per heavy atom. The van der Waals surface area contributed by atoms with Crippen LogP contribution in [0.1, 0.15) is 45.2 Å².